The van der Waals surface area contributed by atoms with E-state index < -0.39 is 15.9 Å². The molecule has 1 rings (SSSR count). The van der Waals surface area contributed by atoms with Crippen LogP contribution in [0.2, 0.25) is 0 Å². The standard InChI is InChI=1S/C9H9N5O5/c10-9(15)12-11-5-4-6-7(13(16)17)2-1-3-8(6)14(18)19/h1-3,5H,4H2,(H3,10,12,15)/b11-5+. The van der Waals surface area contributed by atoms with Crippen molar-refractivity contribution in [2.75, 3.05) is 0 Å². The second-order valence-electron chi connectivity index (χ2n) is 3.28. The molecule has 3 N–H and O–H groups in total. The number of rotatable bonds is 5. The molecule has 0 aliphatic heterocycles. The highest BCUT2D eigenvalue weighted by molar-refractivity contribution is 5.74. The zero-order valence-corrected chi connectivity index (χ0v) is 9.48. The van der Waals surface area contributed by atoms with Crippen LogP contribution in [0.4, 0.5) is 16.2 Å². The maximum atomic E-state index is 10.8. The van der Waals surface area contributed by atoms with Gasteiger partial charge in [-0.15, -0.1) is 0 Å². The monoisotopic (exact) mass is 267 g/mol. The lowest BCUT2D eigenvalue weighted by atomic mass is 10.1. The zero-order valence-electron chi connectivity index (χ0n) is 9.48. The molecule has 0 spiro atoms. The number of nitrogens with two attached hydrogens (primary N) is 1. The molecule has 10 heteroatoms. The quantitative estimate of drug-likeness (QED) is 0.456. The largest absolute Gasteiger partial charge is 0.350 e. The molecule has 0 bridgehead atoms. The SMILES string of the molecule is NC(=O)N/N=C/Cc1c([N+](=O)[O-])cccc1[N+](=O)[O-]. The molecule has 1 aromatic rings. The Morgan fingerprint density at radius 3 is 2.26 bits per heavy atom. The van der Waals surface area contributed by atoms with Crippen molar-refractivity contribution in [3.63, 3.8) is 0 Å². The summed E-state index contributed by atoms with van der Waals surface area (Å²) in [6.45, 7) is 0. The van der Waals surface area contributed by atoms with E-state index >= 15 is 0 Å². The number of nitro groups is 2. The van der Waals surface area contributed by atoms with Crippen molar-refractivity contribution in [1.82, 2.24) is 5.43 Å². The van der Waals surface area contributed by atoms with E-state index in [1.54, 1.807) is 0 Å². The van der Waals surface area contributed by atoms with E-state index in [1.165, 1.54) is 6.07 Å². The van der Waals surface area contributed by atoms with Gasteiger partial charge in [-0.05, 0) is 6.07 Å². The van der Waals surface area contributed by atoms with Crippen molar-refractivity contribution < 1.29 is 14.6 Å². The minimum atomic E-state index is -0.909. The molecule has 2 amide bonds. The smallest absolute Gasteiger partial charge is 0.332 e. The van der Waals surface area contributed by atoms with Gasteiger partial charge in [0.2, 0.25) is 0 Å². The van der Waals surface area contributed by atoms with Gasteiger partial charge in [-0.2, -0.15) is 5.10 Å². The van der Waals surface area contributed by atoms with Gasteiger partial charge in [-0.3, -0.25) is 20.2 Å². The first-order valence-corrected chi connectivity index (χ1v) is 4.91. The van der Waals surface area contributed by atoms with Crippen LogP contribution in [0.5, 0.6) is 0 Å². The van der Waals surface area contributed by atoms with Gasteiger partial charge in [0.05, 0.1) is 9.85 Å². The predicted octanol–water partition coefficient (Wildman–Crippen LogP) is 0.700. The first-order chi connectivity index (χ1) is 8.93. The molecule has 0 aliphatic rings. The van der Waals surface area contributed by atoms with Gasteiger partial charge in [0, 0.05) is 24.8 Å². The number of urea groups is 1. The zero-order chi connectivity index (χ0) is 14.4. The third kappa shape index (κ3) is 3.73. The van der Waals surface area contributed by atoms with E-state index in [0.29, 0.717) is 0 Å². The maximum absolute atomic E-state index is 10.8. The molecule has 100 valence electrons. The summed E-state index contributed by atoms with van der Waals surface area (Å²) in [5, 5.41) is 24.9. The van der Waals surface area contributed by atoms with Gasteiger partial charge >= 0.3 is 6.03 Å². The average Bonchev–Trinajstić information content (AvgIpc) is 2.33. The Morgan fingerprint density at radius 2 is 1.84 bits per heavy atom. The number of nitrogens with zero attached hydrogens (tertiary/aromatic N) is 3. The molecule has 0 unspecified atom stereocenters. The molecule has 0 saturated carbocycles. The molecular formula is C9H9N5O5. The van der Waals surface area contributed by atoms with Crippen molar-refractivity contribution in [3.8, 4) is 0 Å². The van der Waals surface area contributed by atoms with E-state index in [1.807, 2.05) is 5.43 Å². The molecule has 0 fully saturated rings. The number of benzene rings is 1. The van der Waals surface area contributed by atoms with Crippen LogP contribution in [0.1, 0.15) is 5.56 Å². The Morgan fingerprint density at radius 1 is 1.32 bits per heavy atom. The summed E-state index contributed by atoms with van der Waals surface area (Å²) in [7, 11) is 0. The summed E-state index contributed by atoms with van der Waals surface area (Å²) >= 11 is 0. The lowest BCUT2D eigenvalue weighted by molar-refractivity contribution is -0.395. The lowest BCUT2D eigenvalue weighted by Gasteiger charge is -2.01. The summed E-state index contributed by atoms with van der Waals surface area (Å²) in [5.74, 6) is 0. The van der Waals surface area contributed by atoms with Crippen LogP contribution >= 0.6 is 0 Å². The predicted molar refractivity (Wildman–Crippen MR) is 64.7 cm³/mol. The summed E-state index contributed by atoms with van der Waals surface area (Å²) in [5.41, 5.74) is 5.75. The first-order valence-electron chi connectivity index (χ1n) is 4.91. The number of hydrogen-bond donors (Lipinski definition) is 2. The number of amides is 2. The number of carbonyl (C=O) groups excluding carboxylic acids is 1. The van der Waals surface area contributed by atoms with E-state index in [2.05, 4.69) is 5.10 Å². The molecular weight excluding hydrogens is 258 g/mol. The third-order valence-corrected chi connectivity index (χ3v) is 2.08. The van der Waals surface area contributed by atoms with Crippen LogP contribution in [0.3, 0.4) is 0 Å². The van der Waals surface area contributed by atoms with E-state index in [9.17, 15) is 25.0 Å². The number of carbonyl (C=O) groups is 1. The molecule has 0 atom stereocenters. The van der Waals surface area contributed by atoms with Gasteiger partial charge in [0.25, 0.3) is 11.4 Å². The van der Waals surface area contributed by atoms with Crippen molar-refractivity contribution in [1.29, 1.82) is 0 Å². The fourth-order valence-corrected chi connectivity index (χ4v) is 1.36. The highest BCUT2D eigenvalue weighted by atomic mass is 16.6. The van der Waals surface area contributed by atoms with Gasteiger partial charge in [-0.1, -0.05) is 0 Å². The Hall–Kier alpha value is -3.04. The minimum absolute atomic E-state index is 0.104. The second-order valence-corrected chi connectivity index (χ2v) is 3.28. The van der Waals surface area contributed by atoms with Crippen LogP contribution in [0, 0.1) is 20.2 Å². The highest BCUT2D eigenvalue weighted by Crippen LogP contribution is 2.27. The summed E-state index contributed by atoms with van der Waals surface area (Å²) in [6, 6.07) is 2.61. The number of primary amides is 1. The molecule has 19 heavy (non-hydrogen) atoms. The van der Waals surface area contributed by atoms with Gasteiger partial charge in [0.15, 0.2) is 0 Å². The van der Waals surface area contributed by atoms with Crippen LogP contribution in [0.25, 0.3) is 0 Å². The highest BCUT2D eigenvalue weighted by Gasteiger charge is 2.23. The normalized spacial score (nSPS) is 10.3. The van der Waals surface area contributed by atoms with Crippen LogP contribution in [0.15, 0.2) is 23.3 Å². The molecule has 0 aromatic heterocycles. The molecule has 0 heterocycles. The van der Waals surface area contributed by atoms with Crippen molar-refractivity contribution in [2.45, 2.75) is 6.42 Å². The number of nitrogens with one attached hydrogen (secondary N) is 1. The third-order valence-electron chi connectivity index (χ3n) is 2.08. The van der Waals surface area contributed by atoms with Crippen LogP contribution in [-0.4, -0.2) is 22.1 Å². The lowest BCUT2D eigenvalue weighted by Crippen LogP contribution is -2.24. The average molecular weight is 267 g/mol. The summed E-state index contributed by atoms with van der Waals surface area (Å²) in [6.07, 6.45) is 0.897. The van der Waals surface area contributed by atoms with Crippen LogP contribution in [-0.2, 0) is 6.42 Å². The van der Waals surface area contributed by atoms with Gasteiger partial charge in [-0.25, -0.2) is 10.2 Å². The first kappa shape index (κ1) is 14.0. The Kier molecular flexibility index (Phi) is 4.46. The number of hydrogen-bond acceptors (Lipinski definition) is 6. The van der Waals surface area contributed by atoms with Gasteiger partial charge < -0.3 is 5.73 Å². The second kappa shape index (κ2) is 6.05. The van der Waals surface area contributed by atoms with Crippen molar-refractivity contribution in [2.24, 2.45) is 10.8 Å². The maximum Gasteiger partial charge on any atom is 0.332 e. The number of nitro benzene ring substituents is 2. The van der Waals surface area contributed by atoms with E-state index in [4.69, 9.17) is 5.73 Å². The number of hydrazone groups is 1. The van der Waals surface area contributed by atoms with E-state index in [-0.39, 0.29) is 23.4 Å². The molecule has 10 nitrogen and oxygen atoms in total. The van der Waals surface area contributed by atoms with Crippen molar-refractivity contribution >= 4 is 23.6 Å². The summed E-state index contributed by atoms with van der Waals surface area (Å²) in [4.78, 5) is 30.5. The van der Waals surface area contributed by atoms with Crippen molar-refractivity contribution in [3.05, 3.63) is 44.0 Å². The molecule has 1 aromatic carbocycles. The Labute approximate surface area is 106 Å². The molecule has 0 saturated heterocycles. The minimum Gasteiger partial charge on any atom is -0.350 e. The van der Waals surface area contributed by atoms with E-state index in [0.717, 1.165) is 18.3 Å². The van der Waals surface area contributed by atoms with Gasteiger partial charge in [0.1, 0.15) is 5.56 Å². The Bertz CT molecular complexity index is 524. The van der Waals surface area contributed by atoms with Crippen LogP contribution < -0.4 is 11.2 Å². The summed E-state index contributed by atoms with van der Waals surface area (Å²) < 4.78 is 0. The molecule has 0 radical (unpaired) electrons. The Balaban J connectivity index is 3.08. The topological polar surface area (TPSA) is 154 Å². The fraction of sp³-hybridized carbons (Fsp3) is 0.111. The fourth-order valence-electron chi connectivity index (χ4n) is 1.36. The molecule has 0 aliphatic carbocycles.